The van der Waals surface area contributed by atoms with Gasteiger partial charge >= 0.3 is 0 Å². The van der Waals surface area contributed by atoms with Crippen molar-refractivity contribution in [3.8, 4) is 0 Å². The van der Waals surface area contributed by atoms with Gasteiger partial charge in [0.05, 0.1) is 24.2 Å². The van der Waals surface area contributed by atoms with Crippen molar-refractivity contribution < 1.29 is 8.78 Å². The van der Waals surface area contributed by atoms with E-state index in [0.717, 1.165) is 5.56 Å². The lowest BCUT2D eigenvalue weighted by atomic mass is 10.00. The zero-order chi connectivity index (χ0) is 18.9. The summed E-state index contributed by atoms with van der Waals surface area (Å²) in [6.07, 6.45) is 3.92. The first-order valence-electron chi connectivity index (χ1n) is 8.76. The molecule has 0 unspecified atom stereocenters. The summed E-state index contributed by atoms with van der Waals surface area (Å²) >= 11 is 5.88. The molecule has 4 rings (SSSR count). The predicted octanol–water partition coefficient (Wildman–Crippen LogP) is 3.79. The number of hydrogen-bond donors (Lipinski definition) is 2. The number of nitrogens with zero attached hydrogens (tertiary/aromatic N) is 4. The van der Waals surface area contributed by atoms with Gasteiger partial charge in [0.25, 0.3) is 5.92 Å². The van der Waals surface area contributed by atoms with Crippen LogP contribution in [0.2, 0.25) is 5.02 Å². The molecule has 3 heterocycles. The second-order valence-electron chi connectivity index (χ2n) is 6.75. The van der Waals surface area contributed by atoms with Crippen LogP contribution in [0.1, 0.15) is 12.0 Å². The molecule has 0 spiro atoms. The first-order chi connectivity index (χ1) is 13.0. The lowest BCUT2D eigenvalue weighted by Gasteiger charge is -2.38. The van der Waals surface area contributed by atoms with Crippen LogP contribution in [-0.4, -0.2) is 56.7 Å². The second-order valence-corrected chi connectivity index (χ2v) is 7.19. The summed E-state index contributed by atoms with van der Waals surface area (Å²) in [7, 11) is 0. The molecule has 1 fully saturated rings. The molecule has 6 nitrogen and oxygen atoms in total. The first kappa shape index (κ1) is 20.7. The standard InChI is InChI=1S/C18H19ClF2N6.ClH/c19-13-3-1-12(2-4-13)5-7-27-8-6-15(18(20,21)10-27)25-16-14-9-24-26-17(14)23-11-22-16;/h1-4,9,11,15H,5-8,10H2,(H2,22,23,24,25,26);1H/t15-;/m0./s1. The van der Waals surface area contributed by atoms with Crippen molar-refractivity contribution in [1.29, 1.82) is 0 Å². The molecule has 0 saturated carbocycles. The molecule has 1 aliphatic rings. The van der Waals surface area contributed by atoms with Gasteiger partial charge in [-0.15, -0.1) is 12.4 Å². The Kier molecular flexibility index (Phi) is 6.32. The number of nitrogens with one attached hydrogen (secondary N) is 2. The fraction of sp³-hybridized carbons (Fsp3) is 0.389. The summed E-state index contributed by atoms with van der Waals surface area (Å²) in [4.78, 5) is 9.94. The molecule has 0 radical (unpaired) electrons. The average Bonchev–Trinajstić information content (AvgIpc) is 3.13. The van der Waals surface area contributed by atoms with Crippen LogP contribution in [0.25, 0.3) is 11.0 Å². The van der Waals surface area contributed by atoms with E-state index in [9.17, 15) is 8.78 Å². The zero-order valence-electron chi connectivity index (χ0n) is 14.9. The maximum atomic E-state index is 14.7. The number of hydrogen-bond acceptors (Lipinski definition) is 5. The molecule has 1 saturated heterocycles. The fourth-order valence-corrected chi connectivity index (χ4v) is 3.49. The highest BCUT2D eigenvalue weighted by molar-refractivity contribution is 6.30. The van der Waals surface area contributed by atoms with Crippen molar-refractivity contribution in [3.05, 3.63) is 47.4 Å². The first-order valence-corrected chi connectivity index (χ1v) is 9.14. The van der Waals surface area contributed by atoms with Crippen LogP contribution in [0.15, 0.2) is 36.8 Å². The fourth-order valence-electron chi connectivity index (χ4n) is 3.36. The Bertz CT molecular complexity index is 918. The highest BCUT2D eigenvalue weighted by atomic mass is 35.5. The minimum absolute atomic E-state index is 0. The Labute approximate surface area is 172 Å². The number of rotatable bonds is 5. The number of alkyl halides is 2. The van der Waals surface area contributed by atoms with E-state index in [0.29, 0.717) is 47.8 Å². The Hall–Kier alpha value is -2.03. The maximum Gasteiger partial charge on any atom is 0.280 e. The Morgan fingerprint density at radius 2 is 2.04 bits per heavy atom. The number of fused-ring (bicyclic) bond motifs is 1. The Balaban J connectivity index is 0.00000225. The summed E-state index contributed by atoms with van der Waals surface area (Å²) in [5.41, 5.74) is 1.61. The third kappa shape index (κ3) is 4.51. The molecule has 1 aromatic carbocycles. The van der Waals surface area contributed by atoms with Crippen molar-refractivity contribution in [1.82, 2.24) is 25.1 Å². The molecule has 0 amide bonds. The van der Waals surface area contributed by atoms with Crippen LogP contribution in [0, 0.1) is 0 Å². The third-order valence-corrected chi connectivity index (χ3v) is 5.12. The van der Waals surface area contributed by atoms with Gasteiger partial charge in [-0.05, 0) is 30.5 Å². The van der Waals surface area contributed by atoms with Gasteiger partial charge in [0, 0.05) is 18.1 Å². The number of likely N-dealkylation sites (tertiary alicyclic amines) is 1. The Morgan fingerprint density at radius 1 is 1.25 bits per heavy atom. The summed E-state index contributed by atoms with van der Waals surface area (Å²) in [6, 6.07) is 6.53. The van der Waals surface area contributed by atoms with Crippen molar-refractivity contribution in [3.63, 3.8) is 0 Å². The number of anilines is 1. The largest absolute Gasteiger partial charge is 0.360 e. The molecule has 2 N–H and O–H groups in total. The highest BCUT2D eigenvalue weighted by Gasteiger charge is 2.44. The smallest absolute Gasteiger partial charge is 0.280 e. The van der Waals surface area contributed by atoms with E-state index >= 15 is 0 Å². The SMILES string of the molecule is Cl.FC1(F)CN(CCc2ccc(Cl)cc2)CC[C@@H]1Nc1ncnc2[nH]ncc12. The van der Waals surface area contributed by atoms with Gasteiger partial charge < -0.3 is 5.32 Å². The van der Waals surface area contributed by atoms with Crippen molar-refractivity contribution in [2.45, 2.75) is 24.8 Å². The number of halogens is 4. The normalized spacial score (nSPS) is 19.3. The van der Waals surface area contributed by atoms with Crippen molar-refractivity contribution in [2.24, 2.45) is 0 Å². The number of H-pyrrole nitrogens is 1. The van der Waals surface area contributed by atoms with E-state index in [-0.39, 0.29) is 19.0 Å². The van der Waals surface area contributed by atoms with Gasteiger partial charge in [-0.1, -0.05) is 23.7 Å². The van der Waals surface area contributed by atoms with E-state index in [1.807, 2.05) is 24.3 Å². The van der Waals surface area contributed by atoms with Crippen LogP contribution in [0.5, 0.6) is 0 Å². The molecule has 3 aromatic rings. The van der Waals surface area contributed by atoms with Gasteiger partial charge in [-0.25, -0.2) is 18.7 Å². The van der Waals surface area contributed by atoms with Crippen LogP contribution in [-0.2, 0) is 6.42 Å². The van der Waals surface area contributed by atoms with Crippen LogP contribution in [0.4, 0.5) is 14.6 Å². The molecular formula is C18H20Cl2F2N6. The Morgan fingerprint density at radius 3 is 2.79 bits per heavy atom. The van der Waals surface area contributed by atoms with Gasteiger partial charge in [0.1, 0.15) is 12.1 Å². The number of aromatic amines is 1. The predicted molar refractivity (Wildman–Crippen MR) is 108 cm³/mol. The van der Waals surface area contributed by atoms with E-state index in [4.69, 9.17) is 11.6 Å². The third-order valence-electron chi connectivity index (χ3n) is 4.87. The monoisotopic (exact) mass is 428 g/mol. The number of aromatic nitrogens is 4. The molecule has 28 heavy (non-hydrogen) atoms. The summed E-state index contributed by atoms with van der Waals surface area (Å²) in [5, 5.41) is 10.8. The molecule has 10 heteroatoms. The van der Waals surface area contributed by atoms with Crippen molar-refractivity contribution >= 4 is 40.9 Å². The maximum absolute atomic E-state index is 14.7. The number of piperidine rings is 1. The topological polar surface area (TPSA) is 69.7 Å². The summed E-state index contributed by atoms with van der Waals surface area (Å²) < 4.78 is 29.4. The average molecular weight is 429 g/mol. The van der Waals surface area contributed by atoms with E-state index in [1.54, 1.807) is 4.90 Å². The van der Waals surface area contributed by atoms with E-state index in [1.165, 1.54) is 12.5 Å². The van der Waals surface area contributed by atoms with Crippen LogP contribution in [0.3, 0.4) is 0 Å². The van der Waals surface area contributed by atoms with Gasteiger partial charge in [0.2, 0.25) is 0 Å². The summed E-state index contributed by atoms with van der Waals surface area (Å²) in [6.45, 7) is 0.905. The van der Waals surface area contributed by atoms with E-state index < -0.39 is 12.0 Å². The lowest BCUT2D eigenvalue weighted by Crippen LogP contribution is -2.54. The quantitative estimate of drug-likeness (QED) is 0.646. The highest BCUT2D eigenvalue weighted by Crippen LogP contribution is 2.31. The molecular weight excluding hydrogens is 409 g/mol. The van der Waals surface area contributed by atoms with Crippen LogP contribution >= 0.6 is 24.0 Å². The second kappa shape index (κ2) is 8.55. The van der Waals surface area contributed by atoms with E-state index in [2.05, 4.69) is 25.5 Å². The molecule has 2 aromatic heterocycles. The number of benzene rings is 1. The van der Waals surface area contributed by atoms with Gasteiger partial charge in [0.15, 0.2) is 5.65 Å². The molecule has 1 aliphatic heterocycles. The zero-order valence-corrected chi connectivity index (χ0v) is 16.5. The minimum atomic E-state index is -2.86. The van der Waals surface area contributed by atoms with Gasteiger partial charge in [-0.2, -0.15) is 5.10 Å². The summed E-state index contributed by atoms with van der Waals surface area (Å²) in [5.74, 6) is -2.48. The van der Waals surface area contributed by atoms with Crippen LogP contribution < -0.4 is 5.32 Å². The minimum Gasteiger partial charge on any atom is -0.360 e. The molecule has 0 aliphatic carbocycles. The molecule has 150 valence electrons. The lowest BCUT2D eigenvalue weighted by molar-refractivity contribution is -0.0734. The molecule has 1 atom stereocenters. The van der Waals surface area contributed by atoms with Gasteiger partial charge in [-0.3, -0.25) is 10.00 Å². The molecule has 0 bridgehead atoms. The van der Waals surface area contributed by atoms with Crippen molar-refractivity contribution in [2.75, 3.05) is 25.0 Å².